The SMILES string of the molecule is Cn1cc(OC/C=C/C(=O)O)cn1. The molecule has 1 aromatic rings. The zero-order valence-corrected chi connectivity index (χ0v) is 7.17. The molecule has 0 bridgehead atoms. The highest BCUT2D eigenvalue weighted by Crippen LogP contribution is 2.06. The maximum absolute atomic E-state index is 10.1. The second-order valence-electron chi connectivity index (χ2n) is 2.40. The van der Waals surface area contributed by atoms with Crippen molar-refractivity contribution in [3.63, 3.8) is 0 Å². The van der Waals surface area contributed by atoms with E-state index in [1.807, 2.05) is 0 Å². The molecular weight excluding hydrogens is 172 g/mol. The van der Waals surface area contributed by atoms with E-state index < -0.39 is 5.97 Å². The van der Waals surface area contributed by atoms with Crippen LogP contribution in [0.3, 0.4) is 0 Å². The zero-order valence-electron chi connectivity index (χ0n) is 7.17. The Morgan fingerprint density at radius 2 is 2.62 bits per heavy atom. The molecule has 0 aromatic carbocycles. The Morgan fingerprint density at radius 3 is 3.15 bits per heavy atom. The standard InChI is InChI=1S/C8H10N2O3/c1-10-6-7(5-9-10)13-4-2-3-8(11)12/h2-3,5-6H,4H2,1H3,(H,11,12)/b3-2+. The highest BCUT2D eigenvalue weighted by Gasteiger charge is 1.93. The van der Waals surface area contributed by atoms with E-state index in [0.717, 1.165) is 6.08 Å². The van der Waals surface area contributed by atoms with Crippen molar-refractivity contribution in [1.82, 2.24) is 9.78 Å². The van der Waals surface area contributed by atoms with Crippen LogP contribution < -0.4 is 4.74 Å². The van der Waals surface area contributed by atoms with Crippen LogP contribution in [0.25, 0.3) is 0 Å². The smallest absolute Gasteiger partial charge is 0.328 e. The van der Waals surface area contributed by atoms with Gasteiger partial charge >= 0.3 is 5.97 Å². The number of carboxylic acids is 1. The van der Waals surface area contributed by atoms with Crippen LogP contribution in [-0.4, -0.2) is 27.5 Å². The summed E-state index contributed by atoms with van der Waals surface area (Å²) in [5.41, 5.74) is 0. The largest absolute Gasteiger partial charge is 0.486 e. The molecule has 1 N–H and O–H groups in total. The van der Waals surface area contributed by atoms with Gasteiger partial charge in [-0.05, 0) is 6.08 Å². The molecule has 70 valence electrons. The van der Waals surface area contributed by atoms with Gasteiger partial charge in [-0.1, -0.05) is 0 Å². The normalized spacial score (nSPS) is 10.5. The van der Waals surface area contributed by atoms with Crippen molar-refractivity contribution in [2.75, 3.05) is 6.61 Å². The van der Waals surface area contributed by atoms with E-state index in [1.54, 1.807) is 24.1 Å². The van der Waals surface area contributed by atoms with Crippen molar-refractivity contribution in [1.29, 1.82) is 0 Å². The molecule has 13 heavy (non-hydrogen) atoms. The van der Waals surface area contributed by atoms with E-state index in [9.17, 15) is 4.79 Å². The van der Waals surface area contributed by atoms with Gasteiger partial charge in [-0.25, -0.2) is 4.79 Å². The molecule has 0 spiro atoms. The van der Waals surface area contributed by atoms with E-state index in [2.05, 4.69) is 5.10 Å². The summed E-state index contributed by atoms with van der Waals surface area (Å²) in [6, 6.07) is 0. The molecule has 0 unspecified atom stereocenters. The fourth-order valence-electron chi connectivity index (χ4n) is 0.767. The van der Waals surface area contributed by atoms with E-state index in [4.69, 9.17) is 9.84 Å². The van der Waals surface area contributed by atoms with Crippen LogP contribution in [0.15, 0.2) is 24.5 Å². The minimum atomic E-state index is -0.977. The van der Waals surface area contributed by atoms with Gasteiger partial charge in [0.25, 0.3) is 0 Å². The molecule has 1 rings (SSSR count). The summed E-state index contributed by atoms with van der Waals surface area (Å²) < 4.78 is 6.75. The van der Waals surface area contributed by atoms with Crippen LogP contribution in [0.1, 0.15) is 0 Å². The first kappa shape index (κ1) is 9.31. The van der Waals surface area contributed by atoms with Crippen LogP contribution in [0, 0.1) is 0 Å². The lowest BCUT2D eigenvalue weighted by atomic mass is 10.5. The van der Waals surface area contributed by atoms with Crippen LogP contribution >= 0.6 is 0 Å². The zero-order chi connectivity index (χ0) is 9.68. The van der Waals surface area contributed by atoms with Crippen LogP contribution in [0.4, 0.5) is 0 Å². The van der Waals surface area contributed by atoms with Gasteiger partial charge in [-0.15, -0.1) is 0 Å². The minimum absolute atomic E-state index is 0.234. The third-order valence-corrected chi connectivity index (χ3v) is 1.29. The van der Waals surface area contributed by atoms with Gasteiger partial charge < -0.3 is 9.84 Å². The van der Waals surface area contributed by atoms with Gasteiger partial charge in [0.15, 0.2) is 5.75 Å². The first-order valence-electron chi connectivity index (χ1n) is 3.69. The third kappa shape index (κ3) is 3.42. The van der Waals surface area contributed by atoms with Crippen molar-refractivity contribution in [2.45, 2.75) is 0 Å². The maximum Gasteiger partial charge on any atom is 0.328 e. The number of carbonyl (C=O) groups is 1. The summed E-state index contributed by atoms with van der Waals surface area (Å²) in [7, 11) is 1.78. The first-order chi connectivity index (χ1) is 6.18. The summed E-state index contributed by atoms with van der Waals surface area (Å²) >= 11 is 0. The molecule has 0 aliphatic rings. The van der Waals surface area contributed by atoms with Crippen molar-refractivity contribution in [3.05, 3.63) is 24.5 Å². The molecule has 0 atom stereocenters. The number of hydrogen-bond acceptors (Lipinski definition) is 3. The van der Waals surface area contributed by atoms with Crippen molar-refractivity contribution < 1.29 is 14.6 Å². The molecule has 0 aliphatic heterocycles. The number of aryl methyl sites for hydroxylation is 1. The van der Waals surface area contributed by atoms with Gasteiger partial charge in [0.05, 0.1) is 12.4 Å². The van der Waals surface area contributed by atoms with Crippen LogP contribution in [0.2, 0.25) is 0 Å². The summed E-state index contributed by atoms with van der Waals surface area (Å²) in [5, 5.41) is 12.1. The van der Waals surface area contributed by atoms with Crippen molar-refractivity contribution in [2.24, 2.45) is 7.05 Å². The topological polar surface area (TPSA) is 64.3 Å². The molecule has 0 saturated heterocycles. The second kappa shape index (κ2) is 4.30. The molecule has 5 nitrogen and oxygen atoms in total. The monoisotopic (exact) mass is 182 g/mol. The average Bonchev–Trinajstić information content (AvgIpc) is 2.45. The number of aliphatic carboxylic acids is 1. The predicted molar refractivity (Wildman–Crippen MR) is 45.5 cm³/mol. The lowest BCUT2D eigenvalue weighted by molar-refractivity contribution is -0.131. The molecular formula is C8H10N2O3. The Bertz CT molecular complexity index is 317. The molecule has 0 radical (unpaired) electrons. The van der Waals surface area contributed by atoms with Crippen molar-refractivity contribution >= 4 is 5.97 Å². The van der Waals surface area contributed by atoms with Crippen LogP contribution in [-0.2, 0) is 11.8 Å². The number of hydrogen-bond donors (Lipinski definition) is 1. The average molecular weight is 182 g/mol. The summed E-state index contributed by atoms with van der Waals surface area (Å²) in [6.07, 6.45) is 5.73. The Kier molecular flexibility index (Phi) is 3.08. The Morgan fingerprint density at radius 1 is 1.85 bits per heavy atom. The Labute approximate surface area is 75.2 Å². The molecule has 5 heteroatoms. The maximum atomic E-state index is 10.1. The van der Waals surface area contributed by atoms with Gasteiger partial charge in [0.1, 0.15) is 6.61 Å². The lowest BCUT2D eigenvalue weighted by Gasteiger charge is -1.95. The van der Waals surface area contributed by atoms with Gasteiger partial charge in [0, 0.05) is 13.1 Å². The fourth-order valence-corrected chi connectivity index (χ4v) is 0.767. The molecule has 0 aliphatic carbocycles. The second-order valence-corrected chi connectivity index (χ2v) is 2.40. The quantitative estimate of drug-likeness (QED) is 0.686. The molecule has 1 heterocycles. The van der Waals surface area contributed by atoms with E-state index >= 15 is 0 Å². The minimum Gasteiger partial charge on any atom is -0.486 e. The van der Waals surface area contributed by atoms with Crippen molar-refractivity contribution in [3.8, 4) is 5.75 Å². The molecule has 1 aromatic heterocycles. The molecule has 0 saturated carbocycles. The summed E-state index contributed by atoms with van der Waals surface area (Å²) in [6.45, 7) is 0.234. The highest BCUT2D eigenvalue weighted by atomic mass is 16.5. The van der Waals surface area contributed by atoms with Gasteiger partial charge in [-0.3, -0.25) is 4.68 Å². The summed E-state index contributed by atoms with van der Waals surface area (Å²) in [5.74, 6) is -0.354. The van der Waals surface area contributed by atoms with E-state index in [1.165, 1.54) is 6.08 Å². The van der Waals surface area contributed by atoms with Crippen LogP contribution in [0.5, 0.6) is 5.75 Å². The summed E-state index contributed by atoms with van der Waals surface area (Å²) in [4.78, 5) is 10.1. The van der Waals surface area contributed by atoms with E-state index in [0.29, 0.717) is 5.75 Å². The number of ether oxygens (including phenoxy) is 1. The van der Waals surface area contributed by atoms with E-state index in [-0.39, 0.29) is 6.61 Å². The molecule has 0 amide bonds. The van der Waals surface area contributed by atoms with Gasteiger partial charge in [0.2, 0.25) is 0 Å². The Balaban J connectivity index is 2.31. The third-order valence-electron chi connectivity index (χ3n) is 1.29. The molecule has 0 fully saturated rings. The first-order valence-corrected chi connectivity index (χ1v) is 3.69. The Hall–Kier alpha value is -1.78. The predicted octanol–water partition coefficient (Wildman–Crippen LogP) is 0.440. The lowest BCUT2D eigenvalue weighted by Crippen LogP contribution is -1.94. The fraction of sp³-hybridized carbons (Fsp3) is 0.250. The number of carboxylic acid groups (broad SMARTS) is 1. The number of aromatic nitrogens is 2. The number of nitrogens with zero attached hydrogens (tertiary/aromatic N) is 2. The highest BCUT2D eigenvalue weighted by molar-refractivity contribution is 5.79. The number of rotatable bonds is 4. The van der Waals surface area contributed by atoms with Gasteiger partial charge in [-0.2, -0.15) is 5.10 Å².